The number of aliphatic carboxylic acids is 1. The summed E-state index contributed by atoms with van der Waals surface area (Å²) in [6.07, 6.45) is 0.0935. The van der Waals surface area contributed by atoms with Gasteiger partial charge >= 0.3 is 5.97 Å². The lowest BCUT2D eigenvalue weighted by Gasteiger charge is -2.15. The number of carboxylic acids is 1. The quantitative estimate of drug-likeness (QED) is 0.670. The normalized spacial score (nSPS) is 11.6. The number of rotatable bonds is 5. The van der Waals surface area contributed by atoms with E-state index in [2.05, 4.69) is 5.32 Å². The highest BCUT2D eigenvalue weighted by molar-refractivity contribution is 6.01. The largest absolute Gasteiger partial charge is 0.507 e. The number of amides is 1. The van der Waals surface area contributed by atoms with Gasteiger partial charge in [-0.3, -0.25) is 4.79 Å². The fraction of sp³-hybridized carbons (Fsp3) is 0.125. The number of phenols is 2. The number of carbonyl (C=O) groups is 2. The standard InChI is InChI=1S/C16H15NO5/c18-12-7-4-8-13(19)14(12)15(20)17-11(16(21)22)9-10-5-2-1-3-6-10/h1-8,11,18-19H,9H2,(H,17,20)(H,21,22)/t11-/m0/s1. The maximum absolute atomic E-state index is 12.1. The summed E-state index contributed by atoms with van der Waals surface area (Å²) >= 11 is 0. The van der Waals surface area contributed by atoms with Crippen molar-refractivity contribution < 1.29 is 24.9 Å². The van der Waals surface area contributed by atoms with Gasteiger partial charge in [0.25, 0.3) is 5.91 Å². The molecule has 22 heavy (non-hydrogen) atoms. The van der Waals surface area contributed by atoms with Crippen molar-refractivity contribution in [1.29, 1.82) is 0 Å². The number of hydrogen-bond acceptors (Lipinski definition) is 4. The Morgan fingerprint density at radius 1 is 0.955 bits per heavy atom. The van der Waals surface area contributed by atoms with Gasteiger partial charge in [0, 0.05) is 6.42 Å². The van der Waals surface area contributed by atoms with E-state index in [4.69, 9.17) is 0 Å². The maximum atomic E-state index is 12.1. The molecule has 0 saturated heterocycles. The fourth-order valence-electron chi connectivity index (χ4n) is 2.04. The van der Waals surface area contributed by atoms with E-state index in [1.165, 1.54) is 18.2 Å². The van der Waals surface area contributed by atoms with Gasteiger partial charge in [-0.25, -0.2) is 4.79 Å². The van der Waals surface area contributed by atoms with Crippen molar-refractivity contribution in [3.8, 4) is 11.5 Å². The molecule has 0 spiro atoms. The van der Waals surface area contributed by atoms with E-state index >= 15 is 0 Å². The monoisotopic (exact) mass is 301 g/mol. The van der Waals surface area contributed by atoms with Crippen molar-refractivity contribution in [2.45, 2.75) is 12.5 Å². The van der Waals surface area contributed by atoms with Gasteiger partial charge in [-0.2, -0.15) is 0 Å². The van der Waals surface area contributed by atoms with Crippen LogP contribution in [-0.2, 0) is 11.2 Å². The maximum Gasteiger partial charge on any atom is 0.326 e. The van der Waals surface area contributed by atoms with E-state index in [0.717, 1.165) is 5.56 Å². The van der Waals surface area contributed by atoms with Gasteiger partial charge in [-0.1, -0.05) is 36.4 Å². The predicted molar refractivity (Wildman–Crippen MR) is 78.8 cm³/mol. The minimum absolute atomic E-state index is 0.0935. The first-order valence-electron chi connectivity index (χ1n) is 6.57. The third-order valence-corrected chi connectivity index (χ3v) is 3.13. The Hall–Kier alpha value is -3.02. The van der Waals surface area contributed by atoms with Crippen molar-refractivity contribution in [2.24, 2.45) is 0 Å². The van der Waals surface area contributed by atoms with Crippen molar-refractivity contribution >= 4 is 11.9 Å². The highest BCUT2D eigenvalue weighted by atomic mass is 16.4. The van der Waals surface area contributed by atoms with E-state index in [1.54, 1.807) is 30.3 Å². The molecular formula is C16H15NO5. The Morgan fingerprint density at radius 2 is 1.55 bits per heavy atom. The van der Waals surface area contributed by atoms with E-state index in [-0.39, 0.29) is 12.0 Å². The molecule has 6 nitrogen and oxygen atoms in total. The molecule has 0 unspecified atom stereocenters. The lowest BCUT2D eigenvalue weighted by atomic mass is 10.1. The van der Waals surface area contributed by atoms with Crippen molar-refractivity contribution in [2.75, 3.05) is 0 Å². The molecule has 0 aliphatic rings. The molecule has 0 bridgehead atoms. The van der Waals surface area contributed by atoms with E-state index in [1.807, 2.05) is 0 Å². The van der Waals surface area contributed by atoms with Crippen LogP contribution in [-0.4, -0.2) is 33.2 Å². The number of nitrogens with one attached hydrogen (secondary N) is 1. The molecule has 0 radical (unpaired) electrons. The minimum atomic E-state index is -1.20. The first-order valence-corrected chi connectivity index (χ1v) is 6.57. The topological polar surface area (TPSA) is 107 Å². The van der Waals surface area contributed by atoms with Gasteiger partial charge in [0.05, 0.1) is 0 Å². The van der Waals surface area contributed by atoms with Crippen LogP contribution in [0.2, 0.25) is 0 Å². The van der Waals surface area contributed by atoms with Gasteiger partial charge in [0.2, 0.25) is 0 Å². The van der Waals surface area contributed by atoms with Crippen LogP contribution in [0.25, 0.3) is 0 Å². The molecule has 2 aromatic carbocycles. The van der Waals surface area contributed by atoms with E-state index in [9.17, 15) is 24.9 Å². The van der Waals surface area contributed by atoms with Gasteiger partial charge < -0.3 is 20.6 Å². The van der Waals surface area contributed by atoms with Crippen molar-refractivity contribution in [1.82, 2.24) is 5.32 Å². The SMILES string of the molecule is O=C(N[C@@H](Cc1ccccc1)C(=O)O)c1c(O)cccc1O. The second-order valence-corrected chi connectivity index (χ2v) is 4.73. The second-order valence-electron chi connectivity index (χ2n) is 4.73. The molecule has 0 fully saturated rings. The smallest absolute Gasteiger partial charge is 0.326 e. The average molecular weight is 301 g/mol. The molecule has 2 rings (SSSR count). The van der Waals surface area contributed by atoms with Crippen molar-refractivity contribution in [3.05, 3.63) is 59.7 Å². The molecule has 0 aliphatic heterocycles. The molecule has 6 heteroatoms. The highest BCUT2D eigenvalue weighted by Crippen LogP contribution is 2.26. The molecule has 0 aliphatic carbocycles. The minimum Gasteiger partial charge on any atom is -0.507 e. The van der Waals surface area contributed by atoms with Gasteiger partial charge in [-0.15, -0.1) is 0 Å². The van der Waals surface area contributed by atoms with Gasteiger partial charge in [0.15, 0.2) is 0 Å². The molecule has 1 atom stereocenters. The zero-order valence-electron chi connectivity index (χ0n) is 11.6. The number of hydrogen-bond donors (Lipinski definition) is 4. The number of carbonyl (C=O) groups excluding carboxylic acids is 1. The Kier molecular flexibility index (Phi) is 4.63. The molecule has 0 aromatic heterocycles. The molecule has 0 saturated carbocycles. The third kappa shape index (κ3) is 3.54. The fourth-order valence-corrected chi connectivity index (χ4v) is 2.04. The molecule has 4 N–H and O–H groups in total. The second kappa shape index (κ2) is 6.62. The Balaban J connectivity index is 2.18. The van der Waals surface area contributed by atoms with Crippen molar-refractivity contribution in [3.63, 3.8) is 0 Å². The molecule has 1 amide bonds. The summed E-state index contributed by atoms with van der Waals surface area (Å²) in [4.78, 5) is 23.4. The lowest BCUT2D eigenvalue weighted by Crippen LogP contribution is -2.42. The molecular weight excluding hydrogens is 286 g/mol. The summed E-state index contributed by atoms with van der Waals surface area (Å²) in [5.74, 6) is -2.88. The van der Waals surface area contributed by atoms with Crippen LogP contribution in [0.15, 0.2) is 48.5 Å². The lowest BCUT2D eigenvalue weighted by molar-refractivity contribution is -0.139. The number of carboxylic acid groups (broad SMARTS) is 1. The van der Waals surface area contributed by atoms with Crippen LogP contribution < -0.4 is 5.32 Å². The highest BCUT2D eigenvalue weighted by Gasteiger charge is 2.24. The van der Waals surface area contributed by atoms with Crippen LogP contribution in [0.3, 0.4) is 0 Å². The zero-order chi connectivity index (χ0) is 16.1. The van der Waals surface area contributed by atoms with Crippen LogP contribution in [0.4, 0.5) is 0 Å². The summed E-state index contributed by atoms with van der Waals surface area (Å²) < 4.78 is 0. The molecule has 2 aromatic rings. The van der Waals surface area contributed by atoms with Crippen LogP contribution in [0.5, 0.6) is 11.5 Å². The average Bonchev–Trinajstić information content (AvgIpc) is 2.47. The summed E-state index contributed by atoms with van der Waals surface area (Å²) in [7, 11) is 0. The zero-order valence-corrected chi connectivity index (χ0v) is 11.6. The third-order valence-electron chi connectivity index (χ3n) is 3.13. The van der Waals surface area contributed by atoms with E-state index in [0.29, 0.717) is 0 Å². The Bertz CT molecular complexity index is 664. The first-order chi connectivity index (χ1) is 10.5. The van der Waals surface area contributed by atoms with Gasteiger partial charge in [0.1, 0.15) is 23.1 Å². The van der Waals surface area contributed by atoms with Gasteiger partial charge in [-0.05, 0) is 17.7 Å². The number of phenolic OH excluding ortho intramolecular Hbond substituents is 2. The summed E-state index contributed by atoms with van der Waals surface area (Å²) in [5.41, 5.74) is 0.401. The summed E-state index contributed by atoms with van der Waals surface area (Å²) in [5, 5.41) is 30.8. The van der Waals surface area contributed by atoms with Crippen LogP contribution >= 0.6 is 0 Å². The first kappa shape index (κ1) is 15.4. The predicted octanol–water partition coefficient (Wildman–Crippen LogP) is 1.52. The number of aromatic hydroxyl groups is 2. The summed E-state index contributed by atoms with van der Waals surface area (Å²) in [6, 6.07) is 11.5. The molecule has 0 heterocycles. The molecule has 114 valence electrons. The van der Waals surface area contributed by atoms with E-state index < -0.39 is 29.4 Å². The Morgan fingerprint density at radius 3 is 2.09 bits per heavy atom. The van der Waals surface area contributed by atoms with Crippen LogP contribution in [0, 0.1) is 0 Å². The van der Waals surface area contributed by atoms with Crippen LogP contribution in [0.1, 0.15) is 15.9 Å². The number of benzene rings is 2. The summed E-state index contributed by atoms with van der Waals surface area (Å²) in [6.45, 7) is 0. The Labute approximate surface area is 126 Å².